The second-order valence-corrected chi connectivity index (χ2v) is 7.38. The van der Waals surface area contributed by atoms with Gasteiger partial charge in [0.15, 0.2) is 0 Å². The highest BCUT2D eigenvalue weighted by molar-refractivity contribution is 6.30. The summed E-state index contributed by atoms with van der Waals surface area (Å²) in [5.74, 6) is 0.0760. The maximum atomic E-state index is 12.2. The van der Waals surface area contributed by atoms with E-state index >= 15 is 0 Å². The first-order valence-electron chi connectivity index (χ1n) is 9.10. The smallest absolute Gasteiger partial charge is 0.234 e. The average molecular weight is 372 g/mol. The number of nitrogens with zero attached hydrogens (tertiary/aromatic N) is 2. The van der Waals surface area contributed by atoms with Crippen LogP contribution in [0.15, 0.2) is 48.5 Å². The number of aryl methyl sites for hydroxylation is 1. The molecule has 2 aromatic carbocycles. The lowest BCUT2D eigenvalue weighted by Crippen LogP contribution is -2.49. The van der Waals surface area contributed by atoms with Gasteiger partial charge in [0.1, 0.15) is 0 Å². The summed E-state index contributed by atoms with van der Waals surface area (Å²) >= 11 is 5.88. The van der Waals surface area contributed by atoms with E-state index in [1.165, 1.54) is 11.1 Å². The Kier molecular flexibility index (Phi) is 6.67. The minimum Gasteiger partial charge on any atom is -0.351 e. The van der Waals surface area contributed by atoms with Crippen LogP contribution in [-0.2, 0) is 17.9 Å². The summed E-state index contributed by atoms with van der Waals surface area (Å²) < 4.78 is 0. The summed E-state index contributed by atoms with van der Waals surface area (Å²) in [5, 5.41) is 3.70. The predicted octanol–water partition coefficient (Wildman–Crippen LogP) is 3.08. The Morgan fingerprint density at radius 1 is 1.00 bits per heavy atom. The molecule has 1 saturated heterocycles. The molecular formula is C21H26ClN3O. The molecule has 2 aromatic rings. The highest BCUT2D eigenvalue weighted by Gasteiger charge is 2.18. The van der Waals surface area contributed by atoms with Gasteiger partial charge in [0.25, 0.3) is 0 Å². The van der Waals surface area contributed by atoms with Crippen LogP contribution < -0.4 is 5.32 Å². The third kappa shape index (κ3) is 5.84. The van der Waals surface area contributed by atoms with Gasteiger partial charge in [-0.15, -0.1) is 0 Å². The van der Waals surface area contributed by atoms with Crippen molar-refractivity contribution in [1.82, 2.24) is 15.1 Å². The molecule has 1 fully saturated rings. The molecule has 0 aliphatic carbocycles. The van der Waals surface area contributed by atoms with E-state index in [2.05, 4.69) is 46.3 Å². The van der Waals surface area contributed by atoms with Crippen molar-refractivity contribution in [2.45, 2.75) is 20.0 Å². The molecule has 1 amide bonds. The highest BCUT2D eigenvalue weighted by atomic mass is 35.5. The normalized spacial score (nSPS) is 15.8. The van der Waals surface area contributed by atoms with Crippen molar-refractivity contribution in [1.29, 1.82) is 0 Å². The summed E-state index contributed by atoms with van der Waals surface area (Å²) in [5.41, 5.74) is 3.73. The lowest BCUT2D eigenvalue weighted by molar-refractivity contribution is -0.122. The minimum absolute atomic E-state index is 0.0760. The molecule has 3 rings (SSSR count). The Balaban J connectivity index is 1.38. The molecule has 0 spiro atoms. The van der Waals surface area contributed by atoms with E-state index in [0.29, 0.717) is 18.1 Å². The van der Waals surface area contributed by atoms with E-state index in [1.807, 2.05) is 24.3 Å². The van der Waals surface area contributed by atoms with Crippen molar-refractivity contribution < 1.29 is 4.79 Å². The minimum atomic E-state index is 0.0760. The van der Waals surface area contributed by atoms with E-state index in [4.69, 9.17) is 11.6 Å². The van der Waals surface area contributed by atoms with Gasteiger partial charge in [-0.1, -0.05) is 53.6 Å². The lowest BCUT2D eigenvalue weighted by atomic mass is 10.1. The molecule has 0 saturated carbocycles. The van der Waals surface area contributed by atoms with E-state index in [1.54, 1.807) is 0 Å². The molecule has 0 aromatic heterocycles. The fraction of sp³-hybridized carbons (Fsp3) is 0.381. The number of halogens is 1. The number of hydrogen-bond donors (Lipinski definition) is 1. The van der Waals surface area contributed by atoms with Crippen molar-refractivity contribution in [2.75, 3.05) is 32.7 Å². The van der Waals surface area contributed by atoms with Gasteiger partial charge in [-0.25, -0.2) is 0 Å². The fourth-order valence-corrected chi connectivity index (χ4v) is 3.36. The van der Waals surface area contributed by atoms with Crippen LogP contribution in [0.5, 0.6) is 0 Å². The summed E-state index contributed by atoms with van der Waals surface area (Å²) in [4.78, 5) is 16.9. The molecule has 0 unspecified atom stereocenters. The molecule has 0 atom stereocenters. The van der Waals surface area contributed by atoms with E-state index in [9.17, 15) is 4.79 Å². The zero-order valence-corrected chi connectivity index (χ0v) is 16.0. The molecule has 5 heteroatoms. The number of carbonyl (C=O) groups excluding carboxylic acids is 1. The Morgan fingerprint density at radius 2 is 1.69 bits per heavy atom. The van der Waals surface area contributed by atoms with Crippen molar-refractivity contribution >= 4 is 17.5 Å². The molecule has 26 heavy (non-hydrogen) atoms. The van der Waals surface area contributed by atoms with Crippen LogP contribution in [0.1, 0.15) is 16.7 Å². The van der Waals surface area contributed by atoms with Crippen molar-refractivity contribution in [3.05, 3.63) is 70.2 Å². The van der Waals surface area contributed by atoms with Crippen molar-refractivity contribution in [2.24, 2.45) is 0 Å². The van der Waals surface area contributed by atoms with Crippen molar-refractivity contribution in [3.8, 4) is 0 Å². The Morgan fingerprint density at radius 3 is 2.38 bits per heavy atom. The van der Waals surface area contributed by atoms with Crippen LogP contribution in [0.2, 0.25) is 5.02 Å². The second-order valence-electron chi connectivity index (χ2n) is 6.94. The van der Waals surface area contributed by atoms with E-state index < -0.39 is 0 Å². The molecule has 0 radical (unpaired) electrons. The first kappa shape index (κ1) is 18.9. The quantitative estimate of drug-likeness (QED) is 0.847. The van der Waals surface area contributed by atoms with E-state index in [-0.39, 0.29) is 5.91 Å². The predicted molar refractivity (Wildman–Crippen MR) is 106 cm³/mol. The Labute approximate surface area is 160 Å². The summed E-state index contributed by atoms with van der Waals surface area (Å²) in [6.45, 7) is 7.98. The van der Waals surface area contributed by atoms with Gasteiger partial charge >= 0.3 is 0 Å². The van der Waals surface area contributed by atoms with Crippen molar-refractivity contribution in [3.63, 3.8) is 0 Å². The standard InChI is InChI=1S/C21H26ClN3O/c1-17-3-2-4-19(13-17)15-24-9-11-25(12-10-24)16-21(26)23-14-18-5-7-20(22)8-6-18/h2-8,13H,9-12,14-16H2,1H3,(H,23,26). The largest absolute Gasteiger partial charge is 0.351 e. The van der Waals surface area contributed by atoms with Gasteiger partial charge in [-0.2, -0.15) is 0 Å². The Bertz CT molecular complexity index is 724. The number of nitrogens with one attached hydrogen (secondary N) is 1. The molecule has 1 heterocycles. The number of hydrogen-bond acceptors (Lipinski definition) is 3. The summed E-state index contributed by atoms with van der Waals surface area (Å²) in [6, 6.07) is 16.2. The average Bonchev–Trinajstić information content (AvgIpc) is 2.63. The molecular weight excluding hydrogens is 346 g/mol. The first-order chi connectivity index (χ1) is 12.6. The lowest BCUT2D eigenvalue weighted by Gasteiger charge is -2.34. The number of benzene rings is 2. The van der Waals surface area contributed by atoms with Gasteiger partial charge in [-0.05, 0) is 30.2 Å². The van der Waals surface area contributed by atoms with Crippen LogP contribution in [0.4, 0.5) is 0 Å². The van der Waals surface area contributed by atoms with Gasteiger partial charge < -0.3 is 5.32 Å². The van der Waals surface area contributed by atoms with Crippen LogP contribution in [0, 0.1) is 6.92 Å². The van der Waals surface area contributed by atoms with Crippen LogP contribution in [0.25, 0.3) is 0 Å². The molecule has 1 aliphatic rings. The number of amides is 1. The highest BCUT2D eigenvalue weighted by Crippen LogP contribution is 2.11. The molecule has 4 nitrogen and oxygen atoms in total. The Hall–Kier alpha value is -1.88. The van der Waals surface area contributed by atoms with Gasteiger partial charge in [-0.3, -0.25) is 14.6 Å². The van der Waals surface area contributed by atoms with Gasteiger partial charge in [0, 0.05) is 44.3 Å². The number of piperazine rings is 1. The second kappa shape index (κ2) is 9.17. The molecule has 138 valence electrons. The fourth-order valence-electron chi connectivity index (χ4n) is 3.24. The third-order valence-electron chi connectivity index (χ3n) is 4.72. The zero-order chi connectivity index (χ0) is 18.4. The maximum absolute atomic E-state index is 12.2. The van der Waals surface area contributed by atoms with E-state index in [0.717, 1.165) is 38.3 Å². The number of rotatable bonds is 6. The van der Waals surface area contributed by atoms with Crippen LogP contribution >= 0.6 is 11.6 Å². The maximum Gasteiger partial charge on any atom is 0.234 e. The topological polar surface area (TPSA) is 35.6 Å². The SMILES string of the molecule is Cc1cccc(CN2CCN(CC(=O)NCc3ccc(Cl)cc3)CC2)c1. The first-order valence-corrected chi connectivity index (χ1v) is 9.48. The summed E-state index contributed by atoms with van der Waals surface area (Å²) in [6.07, 6.45) is 0. The summed E-state index contributed by atoms with van der Waals surface area (Å²) in [7, 11) is 0. The van der Waals surface area contributed by atoms with Crippen LogP contribution in [-0.4, -0.2) is 48.4 Å². The molecule has 0 bridgehead atoms. The van der Waals surface area contributed by atoms with Gasteiger partial charge in [0.2, 0.25) is 5.91 Å². The zero-order valence-electron chi connectivity index (χ0n) is 15.2. The monoisotopic (exact) mass is 371 g/mol. The third-order valence-corrected chi connectivity index (χ3v) is 4.98. The van der Waals surface area contributed by atoms with Gasteiger partial charge in [0.05, 0.1) is 6.54 Å². The van der Waals surface area contributed by atoms with Crippen LogP contribution in [0.3, 0.4) is 0 Å². The number of carbonyl (C=O) groups is 1. The molecule has 1 aliphatic heterocycles. The molecule has 1 N–H and O–H groups in total.